The Labute approximate surface area is 147 Å². The van der Waals surface area contributed by atoms with Crippen LogP contribution in [-0.2, 0) is 11.2 Å². The van der Waals surface area contributed by atoms with Crippen LogP contribution >= 0.6 is 11.3 Å². The number of aliphatic hydroxyl groups excluding tert-OH is 1. The Hall–Kier alpha value is -2.32. The lowest BCUT2D eigenvalue weighted by Crippen LogP contribution is -2.46. The predicted molar refractivity (Wildman–Crippen MR) is 90.3 cm³/mol. The minimum absolute atomic E-state index is 0.0671. The highest BCUT2D eigenvalue weighted by Crippen LogP contribution is 2.11. The number of carbonyl (C=O) groups excluding carboxylic acids is 2. The van der Waals surface area contributed by atoms with Gasteiger partial charge in [-0.1, -0.05) is 12.1 Å². The van der Waals surface area contributed by atoms with Gasteiger partial charge in [0.15, 0.2) is 0 Å². The molecule has 2 rings (SSSR count). The molecule has 5 nitrogen and oxygen atoms in total. The lowest BCUT2D eigenvalue weighted by atomic mass is 10.1. The van der Waals surface area contributed by atoms with E-state index in [4.69, 9.17) is 0 Å². The molecular formula is C17H18F2N2O3S. The molecule has 0 fully saturated rings. The molecule has 0 spiro atoms. The van der Waals surface area contributed by atoms with Crippen molar-refractivity contribution in [3.8, 4) is 0 Å². The molecule has 25 heavy (non-hydrogen) atoms. The van der Waals surface area contributed by atoms with Gasteiger partial charge in [-0.3, -0.25) is 9.59 Å². The number of hydrogen-bond donors (Lipinski definition) is 3. The van der Waals surface area contributed by atoms with Gasteiger partial charge < -0.3 is 15.7 Å². The topological polar surface area (TPSA) is 78.4 Å². The van der Waals surface area contributed by atoms with E-state index in [1.165, 1.54) is 24.3 Å². The quantitative estimate of drug-likeness (QED) is 0.698. The summed E-state index contributed by atoms with van der Waals surface area (Å²) in [5, 5.41) is 16.7. The summed E-state index contributed by atoms with van der Waals surface area (Å²) in [6, 6.07) is 5.68. The van der Waals surface area contributed by atoms with E-state index in [0.29, 0.717) is 4.88 Å². The number of amides is 2. The number of nitrogens with one attached hydrogen (secondary N) is 2. The average molecular weight is 368 g/mol. The maximum absolute atomic E-state index is 13.5. The summed E-state index contributed by atoms with van der Waals surface area (Å²) in [5.41, 5.74) is 0.155. The van der Waals surface area contributed by atoms with Gasteiger partial charge in [0.25, 0.3) is 5.91 Å². The zero-order valence-electron chi connectivity index (χ0n) is 13.5. The molecule has 1 aromatic heterocycles. The predicted octanol–water partition coefficient (Wildman–Crippen LogP) is 1.86. The Bertz CT molecular complexity index is 737. The molecule has 3 N–H and O–H groups in total. The highest BCUT2D eigenvalue weighted by Gasteiger charge is 2.18. The maximum Gasteiger partial charge on any atom is 0.261 e. The van der Waals surface area contributed by atoms with Crippen molar-refractivity contribution >= 4 is 23.2 Å². The van der Waals surface area contributed by atoms with Crippen molar-refractivity contribution < 1.29 is 23.5 Å². The smallest absolute Gasteiger partial charge is 0.261 e. The van der Waals surface area contributed by atoms with Crippen LogP contribution in [0.25, 0.3) is 0 Å². The molecule has 0 radical (unpaired) electrons. The van der Waals surface area contributed by atoms with E-state index in [0.717, 1.165) is 12.1 Å². The molecule has 0 saturated carbocycles. The fourth-order valence-corrected chi connectivity index (χ4v) is 2.75. The van der Waals surface area contributed by atoms with Gasteiger partial charge >= 0.3 is 0 Å². The fraction of sp³-hybridized carbons (Fsp3) is 0.294. The molecule has 2 atom stereocenters. The van der Waals surface area contributed by atoms with Crippen molar-refractivity contribution in [1.82, 2.24) is 10.6 Å². The number of carbonyl (C=O) groups is 2. The van der Waals surface area contributed by atoms with E-state index in [1.807, 2.05) is 0 Å². The third-order valence-electron chi connectivity index (χ3n) is 3.47. The van der Waals surface area contributed by atoms with E-state index in [1.54, 1.807) is 17.5 Å². The van der Waals surface area contributed by atoms with E-state index < -0.39 is 29.7 Å². The van der Waals surface area contributed by atoms with Crippen LogP contribution in [0.4, 0.5) is 8.78 Å². The average Bonchev–Trinajstić information content (AvgIpc) is 3.09. The molecule has 2 aromatic rings. The first kappa shape index (κ1) is 19.0. The summed E-state index contributed by atoms with van der Waals surface area (Å²) in [7, 11) is 0. The molecular weight excluding hydrogens is 350 g/mol. The highest BCUT2D eigenvalue weighted by molar-refractivity contribution is 7.12. The van der Waals surface area contributed by atoms with Crippen molar-refractivity contribution in [3.05, 3.63) is 57.8 Å². The second-order valence-electron chi connectivity index (χ2n) is 5.51. The minimum atomic E-state index is -1.04. The zero-order chi connectivity index (χ0) is 18.4. The van der Waals surface area contributed by atoms with Crippen molar-refractivity contribution in [2.24, 2.45) is 0 Å². The van der Waals surface area contributed by atoms with Crippen molar-refractivity contribution in [3.63, 3.8) is 0 Å². The molecule has 0 bridgehead atoms. The van der Waals surface area contributed by atoms with Crippen LogP contribution in [0, 0.1) is 11.6 Å². The van der Waals surface area contributed by atoms with Gasteiger partial charge in [-0.2, -0.15) is 0 Å². The number of aliphatic hydroxyl groups is 1. The van der Waals surface area contributed by atoms with Crippen molar-refractivity contribution in [2.45, 2.75) is 25.5 Å². The first-order chi connectivity index (χ1) is 11.9. The van der Waals surface area contributed by atoms with Crippen LogP contribution in [0.5, 0.6) is 0 Å². The molecule has 0 aliphatic heterocycles. The summed E-state index contributed by atoms with van der Waals surface area (Å²) in [4.78, 5) is 24.3. The molecule has 2 amide bonds. The van der Waals surface area contributed by atoms with Gasteiger partial charge in [0.1, 0.15) is 17.7 Å². The third-order valence-corrected chi connectivity index (χ3v) is 4.34. The van der Waals surface area contributed by atoms with Crippen LogP contribution < -0.4 is 10.6 Å². The molecule has 0 saturated heterocycles. The first-order valence-corrected chi connectivity index (χ1v) is 8.49. The number of hydrogen-bond acceptors (Lipinski definition) is 4. The second-order valence-corrected chi connectivity index (χ2v) is 6.46. The number of halogens is 2. The van der Waals surface area contributed by atoms with Gasteiger partial charge in [0, 0.05) is 19.0 Å². The van der Waals surface area contributed by atoms with Crippen LogP contribution in [0.1, 0.15) is 22.2 Å². The van der Waals surface area contributed by atoms with Gasteiger partial charge in [-0.15, -0.1) is 11.3 Å². The van der Waals surface area contributed by atoms with Gasteiger partial charge in [0.2, 0.25) is 5.91 Å². The Kier molecular flexibility index (Phi) is 6.60. The lowest BCUT2D eigenvalue weighted by Gasteiger charge is -2.16. The van der Waals surface area contributed by atoms with Crippen LogP contribution in [0.2, 0.25) is 0 Å². The first-order valence-electron chi connectivity index (χ1n) is 7.61. The molecule has 1 heterocycles. The molecule has 0 aliphatic rings. The SMILES string of the molecule is CC(NC(=O)c1cccs1)C(=O)NCC(O)Cc1ccc(F)cc1F. The summed E-state index contributed by atoms with van der Waals surface area (Å²) in [5.74, 6) is -2.27. The number of rotatable bonds is 7. The molecule has 0 aliphatic carbocycles. The number of thiophene rings is 1. The zero-order valence-corrected chi connectivity index (χ0v) is 14.3. The van der Waals surface area contributed by atoms with Crippen LogP contribution in [-0.4, -0.2) is 35.6 Å². The number of benzene rings is 1. The summed E-state index contributed by atoms with van der Waals surface area (Å²) in [6.07, 6.45) is -1.10. The Morgan fingerprint density at radius 1 is 1.28 bits per heavy atom. The Balaban J connectivity index is 1.79. The maximum atomic E-state index is 13.5. The summed E-state index contributed by atoms with van der Waals surface area (Å²) in [6.45, 7) is 1.40. The third kappa shape index (κ3) is 5.61. The monoisotopic (exact) mass is 368 g/mol. The fourth-order valence-electron chi connectivity index (χ4n) is 2.13. The highest BCUT2D eigenvalue weighted by atomic mass is 32.1. The second kappa shape index (κ2) is 8.68. The van der Waals surface area contributed by atoms with E-state index >= 15 is 0 Å². The normalized spacial score (nSPS) is 13.1. The van der Waals surface area contributed by atoms with Crippen LogP contribution in [0.15, 0.2) is 35.7 Å². The summed E-state index contributed by atoms with van der Waals surface area (Å²) < 4.78 is 26.4. The molecule has 134 valence electrons. The van der Waals surface area contributed by atoms with E-state index in [9.17, 15) is 23.5 Å². The van der Waals surface area contributed by atoms with E-state index in [2.05, 4.69) is 10.6 Å². The van der Waals surface area contributed by atoms with Crippen molar-refractivity contribution in [1.29, 1.82) is 0 Å². The molecule has 8 heteroatoms. The minimum Gasteiger partial charge on any atom is -0.391 e. The van der Waals surface area contributed by atoms with Crippen molar-refractivity contribution in [2.75, 3.05) is 6.54 Å². The molecule has 2 unspecified atom stereocenters. The summed E-state index contributed by atoms with van der Waals surface area (Å²) >= 11 is 1.26. The molecule has 1 aromatic carbocycles. The van der Waals surface area contributed by atoms with Gasteiger partial charge in [0.05, 0.1) is 11.0 Å². The Morgan fingerprint density at radius 3 is 2.68 bits per heavy atom. The standard InChI is InChI=1S/C17H18F2N2O3S/c1-10(21-17(24)15-3-2-6-25-15)16(23)20-9-13(22)7-11-4-5-12(18)8-14(11)19/h2-6,8,10,13,22H,7,9H2,1H3,(H,20,23)(H,21,24). The Morgan fingerprint density at radius 2 is 2.04 bits per heavy atom. The van der Waals surface area contributed by atoms with Gasteiger partial charge in [-0.25, -0.2) is 8.78 Å². The lowest BCUT2D eigenvalue weighted by molar-refractivity contribution is -0.123. The van der Waals surface area contributed by atoms with Gasteiger partial charge in [-0.05, 0) is 30.0 Å². The van der Waals surface area contributed by atoms with Crippen LogP contribution in [0.3, 0.4) is 0 Å². The van der Waals surface area contributed by atoms with E-state index in [-0.39, 0.29) is 24.4 Å². The largest absolute Gasteiger partial charge is 0.391 e.